The van der Waals surface area contributed by atoms with Gasteiger partial charge in [-0.25, -0.2) is 0 Å². The molecule has 3 aromatic rings. The van der Waals surface area contributed by atoms with Crippen LogP contribution in [0.15, 0.2) is 24.3 Å². The van der Waals surface area contributed by atoms with Crippen LogP contribution in [0.3, 0.4) is 0 Å². The zero-order chi connectivity index (χ0) is 16.7. The fraction of sp³-hybridized carbons (Fsp3) is 0.125. The van der Waals surface area contributed by atoms with Gasteiger partial charge in [0.15, 0.2) is 0 Å². The number of aryl methyl sites for hydroxylation is 1. The summed E-state index contributed by atoms with van der Waals surface area (Å²) in [6, 6.07) is 7.56. The molecule has 2 heterocycles. The summed E-state index contributed by atoms with van der Waals surface area (Å²) < 4.78 is 0.941. The van der Waals surface area contributed by atoms with Gasteiger partial charge in [-0.05, 0) is 25.5 Å². The summed E-state index contributed by atoms with van der Waals surface area (Å²) in [7, 11) is 0. The van der Waals surface area contributed by atoms with E-state index in [0.29, 0.717) is 20.5 Å². The number of benzene rings is 1. The van der Waals surface area contributed by atoms with E-state index in [1.165, 1.54) is 22.7 Å². The van der Waals surface area contributed by atoms with Gasteiger partial charge in [0.25, 0.3) is 11.8 Å². The lowest BCUT2D eigenvalue weighted by Gasteiger charge is -2.04. The summed E-state index contributed by atoms with van der Waals surface area (Å²) in [6.45, 7) is 3.70. The second-order valence-electron chi connectivity index (χ2n) is 5.05. The van der Waals surface area contributed by atoms with Gasteiger partial charge in [0.1, 0.15) is 9.88 Å². The monoisotopic (exact) mass is 364 g/mol. The Morgan fingerprint density at radius 2 is 1.87 bits per heavy atom. The standard InChI is InChI=1S/C16H13ClN2O2S2/c1-7-8(2)22-16(11(7)14(18)20)19-15(21)13-12(17)9-5-3-4-6-10(9)23-13/h3-6H,1-2H3,(H2,18,20)(H,19,21). The van der Waals surface area contributed by atoms with Crippen LogP contribution < -0.4 is 11.1 Å². The van der Waals surface area contributed by atoms with E-state index in [9.17, 15) is 9.59 Å². The average molecular weight is 365 g/mol. The number of fused-ring (bicyclic) bond motifs is 1. The molecule has 0 spiro atoms. The fourth-order valence-electron chi connectivity index (χ4n) is 2.33. The molecule has 0 fully saturated rings. The molecule has 0 aliphatic heterocycles. The van der Waals surface area contributed by atoms with Gasteiger partial charge in [-0.2, -0.15) is 0 Å². The number of rotatable bonds is 3. The molecule has 2 aromatic heterocycles. The largest absolute Gasteiger partial charge is 0.365 e. The van der Waals surface area contributed by atoms with E-state index in [4.69, 9.17) is 17.3 Å². The van der Waals surface area contributed by atoms with Crippen molar-refractivity contribution < 1.29 is 9.59 Å². The first-order valence-corrected chi connectivity index (χ1v) is 8.79. The highest BCUT2D eigenvalue weighted by Gasteiger charge is 2.22. The number of carbonyl (C=O) groups excluding carboxylic acids is 2. The molecular formula is C16H13ClN2O2S2. The molecule has 0 saturated heterocycles. The maximum Gasteiger partial charge on any atom is 0.267 e. The highest BCUT2D eigenvalue weighted by molar-refractivity contribution is 7.22. The van der Waals surface area contributed by atoms with Crippen LogP contribution in [0.1, 0.15) is 30.5 Å². The van der Waals surface area contributed by atoms with E-state index in [1.807, 2.05) is 38.1 Å². The maximum atomic E-state index is 12.6. The van der Waals surface area contributed by atoms with Gasteiger partial charge >= 0.3 is 0 Å². The summed E-state index contributed by atoms with van der Waals surface area (Å²) >= 11 is 8.97. The van der Waals surface area contributed by atoms with Crippen LogP contribution in [0.4, 0.5) is 5.00 Å². The smallest absolute Gasteiger partial charge is 0.267 e. The van der Waals surface area contributed by atoms with Crippen LogP contribution in [0.2, 0.25) is 5.02 Å². The molecule has 2 amide bonds. The van der Waals surface area contributed by atoms with Crippen LogP contribution in [0.25, 0.3) is 10.1 Å². The van der Waals surface area contributed by atoms with E-state index in [-0.39, 0.29) is 5.91 Å². The Balaban J connectivity index is 2.00. The average Bonchev–Trinajstić information content (AvgIpc) is 2.98. The predicted octanol–water partition coefficient (Wildman–Crippen LogP) is 4.58. The molecule has 0 saturated carbocycles. The summed E-state index contributed by atoms with van der Waals surface area (Å²) in [5.41, 5.74) is 6.58. The Kier molecular flexibility index (Phi) is 4.14. The molecule has 3 rings (SSSR count). The molecule has 0 radical (unpaired) electrons. The van der Waals surface area contributed by atoms with Gasteiger partial charge in [-0.15, -0.1) is 22.7 Å². The molecular weight excluding hydrogens is 352 g/mol. The van der Waals surface area contributed by atoms with Gasteiger partial charge in [-0.1, -0.05) is 29.8 Å². The third-order valence-corrected chi connectivity index (χ3v) is 6.40. The topological polar surface area (TPSA) is 72.2 Å². The third kappa shape index (κ3) is 2.73. The Morgan fingerprint density at radius 3 is 2.52 bits per heavy atom. The maximum absolute atomic E-state index is 12.6. The zero-order valence-electron chi connectivity index (χ0n) is 12.4. The molecule has 0 atom stereocenters. The van der Waals surface area contributed by atoms with Crippen LogP contribution in [-0.4, -0.2) is 11.8 Å². The van der Waals surface area contributed by atoms with Gasteiger partial charge < -0.3 is 11.1 Å². The molecule has 0 aliphatic carbocycles. The van der Waals surface area contributed by atoms with Crippen LogP contribution in [-0.2, 0) is 0 Å². The van der Waals surface area contributed by atoms with E-state index < -0.39 is 5.91 Å². The third-order valence-electron chi connectivity index (χ3n) is 3.60. The summed E-state index contributed by atoms with van der Waals surface area (Å²) in [5.74, 6) is -0.885. The molecule has 3 N–H and O–H groups in total. The lowest BCUT2D eigenvalue weighted by molar-refractivity contribution is 0.100. The fourth-order valence-corrected chi connectivity index (χ4v) is 4.80. The van der Waals surface area contributed by atoms with Crippen molar-refractivity contribution >= 4 is 61.2 Å². The van der Waals surface area contributed by atoms with Gasteiger partial charge in [0, 0.05) is 15.0 Å². The highest BCUT2D eigenvalue weighted by Crippen LogP contribution is 2.37. The second-order valence-corrected chi connectivity index (χ2v) is 7.70. The molecule has 0 bridgehead atoms. The van der Waals surface area contributed by atoms with Gasteiger partial charge in [0.2, 0.25) is 0 Å². The molecule has 0 aliphatic rings. The zero-order valence-corrected chi connectivity index (χ0v) is 14.8. The number of nitrogens with two attached hydrogens (primary N) is 1. The number of amides is 2. The predicted molar refractivity (Wildman–Crippen MR) is 97.1 cm³/mol. The number of halogens is 1. The van der Waals surface area contributed by atoms with Crippen LogP contribution in [0.5, 0.6) is 0 Å². The first-order valence-electron chi connectivity index (χ1n) is 6.78. The minimum absolute atomic E-state index is 0.333. The minimum Gasteiger partial charge on any atom is -0.365 e. The number of hydrogen-bond donors (Lipinski definition) is 2. The van der Waals surface area contributed by atoms with Crippen LogP contribution in [0, 0.1) is 13.8 Å². The quantitative estimate of drug-likeness (QED) is 0.713. The Labute approximate surface area is 145 Å². The van der Waals surface area contributed by atoms with Crippen molar-refractivity contribution in [1.82, 2.24) is 0 Å². The number of primary amides is 1. The number of carbonyl (C=O) groups is 2. The van der Waals surface area contributed by atoms with Crippen molar-refractivity contribution in [3.63, 3.8) is 0 Å². The molecule has 118 valence electrons. The van der Waals surface area contributed by atoms with Crippen molar-refractivity contribution in [1.29, 1.82) is 0 Å². The Morgan fingerprint density at radius 1 is 1.17 bits per heavy atom. The summed E-state index contributed by atoms with van der Waals surface area (Å²) in [6.07, 6.45) is 0. The van der Waals surface area contributed by atoms with Crippen molar-refractivity contribution in [2.75, 3.05) is 5.32 Å². The lowest BCUT2D eigenvalue weighted by atomic mass is 10.1. The Bertz CT molecular complexity index is 943. The van der Waals surface area contributed by atoms with E-state index in [1.54, 1.807) is 0 Å². The van der Waals surface area contributed by atoms with E-state index in [0.717, 1.165) is 20.5 Å². The van der Waals surface area contributed by atoms with E-state index in [2.05, 4.69) is 5.32 Å². The number of nitrogens with one attached hydrogen (secondary N) is 1. The van der Waals surface area contributed by atoms with Crippen LogP contribution >= 0.6 is 34.3 Å². The van der Waals surface area contributed by atoms with Gasteiger partial charge in [-0.3, -0.25) is 9.59 Å². The molecule has 1 aromatic carbocycles. The summed E-state index contributed by atoms with van der Waals surface area (Å²) in [4.78, 5) is 25.6. The van der Waals surface area contributed by atoms with E-state index >= 15 is 0 Å². The van der Waals surface area contributed by atoms with Crippen molar-refractivity contribution in [3.05, 3.63) is 50.2 Å². The van der Waals surface area contributed by atoms with Crippen molar-refractivity contribution in [3.8, 4) is 0 Å². The Hall–Kier alpha value is -1.89. The summed E-state index contributed by atoms with van der Waals surface area (Å²) in [5, 5.41) is 4.51. The molecule has 4 nitrogen and oxygen atoms in total. The molecule has 23 heavy (non-hydrogen) atoms. The number of hydrogen-bond acceptors (Lipinski definition) is 4. The molecule has 7 heteroatoms. The van der Waals surface area contributed by atoms with Crippen molar-refractivity contribution in [2.24, 2.45) is 5.73 Å². The highest BCUT2D eigenvalue weighted by atomic mass is 35.5. The number of thiophene rings is 2. The second kappa shape index (κ2) is 5.96. The minimum atomic E-state index is -0.551. The first-order chi connectivity index (χ1) is 10.9. The SMILES string of the molecule is Cc1sc(NC(=O)c2sc3ccccc3c2Cl)c(C(N)=O)c1C. The number of anilines is 1. The van der Waals surface area contributed by atoms with Gasteiger partial charge in [0.05, 0.1) is 10.6 Å². The van der Waals surface area contributed by atoms with Crippen molar-refractivity contribution in [2.45, 2.75) is 13.8 Å². The lowest BCUT2D eigenvalue weighted by Crippen LogP contribution is -2.17. The first kappa shape index (κ1) is 16.0. The molecule has 0 unspecified atom stereocenters. The normalized spacial score (nSPS) is 10.9.